The first kappa shape index (κ1) is 12.9. The van der Waals surface area contributed by atoms with Crippen LogP contribution in [0.1, 0.15) is 19.8 Å². The molecule has 3 heterocycles. The van der Waals surface area contributed by atoms with Gasteiger partial charge in [-0.2, -0.15) is 0 Å². The lowest BCUT2D eigenvalue weighted by Crippen LogP contribution is -2.37. The van der Waals surface area contributed by atoms with Gasteiger partial charge >= 0.3 is 5.97 Å². The summed E-state index contributed by atoms with van der Waals surface area (Å²) in [6.07, 6.45) is 5.07. The van der Waals surface area contributed by atoms with Crippen molar-refractivity contribution in [2.24, 2.45) is 5.92 Å². The average Bonchev–Trinajstić information content (AvgIpc) is 2.96. The number of nitrogens with zero attached hydrogens (tertiary/aromatic N) is 3. The van der Waals surface area contributed by atoms with Crippen LogP contribution in [0.3, 0.4) is 0 Å². The molecule has 1 fully saturated rings. The van der Waals surface area contributed by atoms with Gasteiger partial charge in [-0.1, -0.05) is 0 Å². The molecule has 1 saturated heterocycles. The number of carbonyl (C=O) groups excluding carboxylic acids is 1. The number of nitrogens with one attached hydrogen (secondary N) is 1. The van der Waals surface area contributed by atoms with E-state index in [2.05, 4.69) is 19.9 Å². The van der Waals surface area contributed by atoms with Crippen LogP contribution in [-0.2, 0) is 9.53 Å². The van der Waals surface area contributed by atoms with Crippen molar-refractivity contribution in [1.29, 1.82) is 0 Å². The molecule has 1 N–H and O–H groups in total. The molecule has 1 aliphatic heterocycles. The van der Waals surface area contributed by atoms with E-state index in [0.29, 0.717) is 6.61 Å². The number of rotatable bonds is 3. The average molecular weight is 274 g/mol. The second kappa shape index (κ2) is 5.48. The van der Waals surface area contributed by atoms with Gasteiger partial charge in [0, 0.05) is 19.3 Å². The summed E-state index contributed by atoms with van der Waals surface area (Å²) in [5, 5.41) is 1.03. The fraction of sp³-hybridized carbons (Fsp3) is 0.500. The number of ether oxygens (including phenoxy) is 1. The van der Waals surface area contributed by atoms with E-state index in [1.807, 2.05) is 19.2 Å². The fourth-order valence-electron chi connectivity index (χ4n) is 2.70. The highest BCUT2D eigenvalue weighted by Crippen LogP contribution is 2.27. The number of esters is 1. The second-order valence-corrected chi connectivity index (χ2v) is 4.95. The minimum absolute atomic E-state index is 0.0229. The number of H-pyrrole nitrogens is 1. The van der Waals surface area contributed by atoms with Crippen LogP contribution in [0.2, 0.25) is 0 Å². The molecule has 6 nitrogen and oxygen atoms in total. The van der Waals surface area contributed by atoms with Gasteiger partial charge in [0.1, 0.15) is 17.8 Å². The molecule has 20 heavy (non-hydrogen) atoms. The summed E-state index contributed by atoms with van der Waals surface area (Å²) in [7, 11) is 0. The monoisotopic (exact) mass is 274 g/mol. The summed E-state index contributed by atoms with van der Waals surface area (Å²) in [5.41, 5.74) is 0.850. The number of piperidine rings is 1. The quantitative estimate of drug-likeness (QED) is 0.863. The SMILES string of the molecule is CCOC(=O)C1CCN(c2ncnc3[nH]ccc23)CC1. The maximum Gasteiger partial charge on any atom is 0.309 e. The molecule has 2 aromatic heterocycles. The van der Waals surface area contributed by atoms with E-state index < -0.39 is 0 Å². The van der Waals surface area contributed by atoms with Crippen LogP contribution in [0.4, 0.5) is 5.82 Å². The lowest BCUT2D eigenvalue weighted by molar-refractivity contribution is -0.148. The van der Waals surface area contributed by atoms with Gasteiger partial charge in [-0.25, -0.2) is 9.97 Å². The zero-order chi connectivity index (χ0) is 13.9. The van der Waals surface area contributed by atoms with Gasteiger partial charge < -0.3 is 14.6 Å². The number of fused-ring (bicyclic) bond motifs is 1. The normalized spacial score (nSPS) is 16.6. The van der Waals surface area contributed by atoms with Crippen LogP contribution in [0.25, 0.3) is 11.0 Å². The topological polar surface area (TPSA) is 71.1 Å². The van der Waals surface area contributed by atoms with Crippen molar-refractivity contribution >= 4 is 22.8 Å². The third-order valence-corrected chi connectivity index (χ3v) is 3.75. The minimum Gasteiger partial charge on any atom is -0.466 e. The summed E-state index contributed by atoms with van der Waals surface area (Å²) in [5.74, 6) is 0.898. The highest BCUT2D eigenvalue weighted by Gasteiger charge is 2.27. The van der Waals surface area contributed by atoms with Crippen LogP contribution >= 0.6 is 0 Å². The zero-order valence-corrected chi connectivity index (χ0v) is 11.5. The highest BCUT2D eigenvalue weighted by molar-refractivity contribution is 5.87. The fourth-order valence-corrected chi connectivity index (χ4v) is 2.70. The summed E-state index contributed by atoms with van der Waals surface area (Å²) in [6, 6.07) is 1.99. The predicted molar refractivity (Wildman–Crippen MR) is 75.5 cm³/mol. The Morgan fingerprint density at radius 1 is 1.45 bits per heavy atom. The van der Waals surface area contributed by atoms with Crippen molar-refractivity contribution in [2.45, 2.75) is 19.8 Å². The van der Waals surface area contributed by atoms with Gasteiger partial charge in [-0.05, 0) is 25.8 Å². The molecule has 0 amide bonds. The molecular weight excluding hydrogens is 256 g/mol. The number of hydrogen-bond donors (Lipinski definition) is 1. The van der Waals surface area contributed by atoms with Crippen LogP contribution in [0, 0.1) is 5.92 Å². The maximum absolute atomic E-state index is 11.7. The van der Waals surface area contributed by atoms with E-state index in [0.717, 1.165) is 42.8 Å². The van der Waals surface area contributed by atoms with Gasteiger partial charge in [0.25, 0.3) is 0 Å². The molecule has 0 atom stereocenters. The Morgan fingerprint density at radius 3 is 3.00 bits per heavy atom. The Hall–Kier alpha value is -2.11. The first-order chi connectivity index (χ1) is 9.79. The molecule has 0 aliphatic carbocycles. The van der Waals surface area contributed by atoms with E-state index in [-0.39, 0.29) is 11.9 Å². The molecule has 0 radical (unpaired) electrons. The third-order valence-electron chi connectivity index (χ3n) is 3.75. The summed E-state index contributed by atoms with van der Waals surface area (Å²) in [4.78, 5) is 25.6. The lowest BCUT2D eigenvalue weighted by atomic mass is 9.97. The Bertz CT molecular complexity index is 602. The zero-order valence-electron chi connectivity index (χ0n) is 11.5. The summed E-state index contributed by atoms with van der Waals surface area (Å²) in [6.45, 7) is 3.94. The number of aromatic amines is 1. The van der Waals surface area contributed by atoms with E-state index in [4.69, 9.17) is 4.74 Å². The minimum atomic E-state index is -0.0679. The molecule has 0 unspecified atom stereocenters. The Balaban J connectivity index is 1.72. The van der Waals surface area contributed by atoms with E-state index in [9.17, 15) is 4.79 Å². The number of carbonyl (C=O) groups is 1. The molecule has 6 heteroatoms. The van der Waals surface area contributed by atoms with E-state index in [1.54, 1.807) is 6.33 Å². The Morgan fingerprint density at radius 2 is 2.25 bits per heavy atom. The van der Waals surface area contributed by atoms with E-state index in [1.165, 1.54) is 0 Å². The Labute approximate surface area is 117 Å². The van der Waals surface area contributed by atoms with Gasteiger partial charge in [0.2, 0.25) is 0 Å². The van der Waals surface area contributed by atoms with Gasteiger partial charge in [-0.15, -0.1) is 0 Å². The van der Waals surface area contributed by atoms with Crippen molar-refractivity contribution in [1.82, 2.24) is 15.0 Å². The number of anilines is 1. The summed E-state index contributed by atoms with van der Waals surface area (Å²) >= 11 is 0. The predicted octanol–water partition coefficient (Wildman–Crippen LogP) is 1.74. The molecule has 0 aromatic carbocycles. The van der Waals surface area contributed by atoms with Crippen molar-refractivity contribution in [2.75, 3.05) is 24.6 Å². The lowest BCUT2D eigenvalue weighted by Gasteiger charge is -2.31. The molecule has 1 aliphatic rings. The third kappa shape index (κ3) is 2.33. The van der Waals surface area contributed by atoms with Gasteiger partial charge in [0.05, 0.1) is 17.9 Å². The molecule has 0 bridgehead atoms. The van der Waals surface area contributed by atoms with Gasteiger partial charge in [-0.3, -0.25) is 4.79 Å². The van der Waals surface area contributed by atoms with Crippen molar-refractivity contribution < 1.29 is 9.53 Å². The van der Waals surface area contributed by atoms with Gasteiger partial charge in [0.15, 0.2) is 0 Å². The molecular formula is C14H18N4O2. The van der Waals surface area contributed by atoms with E-state index >= 15 is 0 Å². The summed E-state index contributed by atoms with van der Waals surface area (Å²) < 4.78 is 5.09. The Kier molecular flexibility index (Phi) is 3.54. The van der Waals surface area contributed by atoms with Crippen LogP contribution < -0.4 is 4.90 Å². The maximum atomic E-state index is 11.7. The first-order valence-corrected chi connectivity index (χ1v) is 6.99. The van der Waals surface area contributed by atoms with Crippen LogP contribution in [-0.4, -0.2) is 40.6 Å². The molecule has 0 spiro atoms. The standard InChI is InChI=1S/C14H18N4O2/c1-2-20-14(19)10-4-7-18(8-5-10)13-11-3-6-15-12(11)16-9-17-13/h3,6,9-10H,2,4-5,7-8H2,1H3,(H,15,16,17). The largest absolute Gasteiger partial charge is 0.466 e. The molecule has 0 saturated carbocycles. The van der Waals surface area contributed by atoms with Crippen molar-refractivity contribution in [3.63, 3.8) is 0 Å². The molecule has 106 valence electrons. The first-order valence-electron chi connectivity index (χ1n) is 6.99. The van der Waals surface area contributed by atoms with Crippen LogP contribution in [0.5, 0.6) is 0 Å². The molecule has 2 aromatic rings. The van der Waals surface area contributed by atoms with Crippen molar-refractivity contribution in [3.05, 3.63) is 18.6 Å². The van der Waals surface area contributed by atoms with Crippen LogP contribution in [0.15, 0.2) is 18.6 Å². The molecule has 3 rings (SSSR count). The smallest absolute Gasteiger partial charge is 0.309 e. The number of hydrogen-bond acceptors (Lipinski definition) is 5. The highest BCUT2D eigenvalue weighted by atomic mass is 16.5. The number of aromatic nitrogens is 3. The second-order valence-electron chi connectivity index (χ2n) is 4.95. The van der Waals surface area contributed by atoms with Crippen molar-refractivity contribution in [3.8, 4) is 0 Å².